The van der Waals surface area contributed by atoms with E-state index in [0.717, 1.165) is 55.5 Å². The van der Waals surface area contributed by atoms with Crippen LogP contribution in [0.1, 0.15) is 42.1 Å². The molecule has 4 heterocycles. The van der Waals surface area contributed by atoms with Crippen molar-refractivity contribution in [2.45, 2.75) is 38.3 Å². The SMILES string of the molecule is c1ccc(CN2CCCCC2c2nn(-c3ccc4c(c3)OCCO4)c3c2CCN3)cc1. The number of likely N-dealkylation sites (tertiary alicyclic amines) is 1. The molecule has 0 amide bonds. The van der Waals surface area contributed by atoms with E-state index >= 15 is 0 Å². The van der Waals surface area contributed by atoms with Crippen LogP contribution in [0.3, 0.4) is 0 Å². The third-order valence-corrected chi connectivity index (χ3v) is 6.61. The van der Waals surface area contributed by atoms with Crippen molar-refractivity contribution in [3.05, 3.63) is 65.4 Å². The highest BCUT2D eigenvalue weighted by atomic mass is 16.6. The number of hydrogen-bond donors (Lipinski definition) is 1. The van der Waals surface area contributed by atoms with Crippen molar-refractivity contribution >= 4 is 5.82 Å². The van der Waals surface area contributed by atoms with E-state index in [1.807, 2.05) is 12.1 Å². The Kier molecular flexibility index (Phi) is 4.80. The number of aromatic nitrogens is 2. The molecule has 1 atom stereocenters. The maximum absolute atomic E-state index is 5.82. The van der Waals surface area contributed by atoms with Crippen molar-refractivity contribution in [3.8, 4) is 17.2 Å². The molecule has 1 saturated heterocycles. The van der Waals surface area contributed by atoms with E-state index in [1.165, 1.54) is 29.7 Å². The van der Waals surface area contributed by atoms with Crippen LogP contribution in [0.25, 0.3) is 5.69 Å². The molecule has 6 heteroatoms. The first kappa shape index (κ1) is 18.8. The maximum Gasteiger partial charge on any atom is 0.163 e. The summed E-state index contributed by atoms with van der Waals surface area (Å²) in [6.07, 6.45) is 4.71. The molecule has 31 heavy (non-hydrogen) atoms. The van der Waals surface area contributed by atoms with Crippen molar-refractivity contribution in [3.63, 3.8) is 0 Å². The molecule has 3 aliphatic rings. The number of nitrogens with one attached hydrogen (secondary N) is 1. The van der Waals surface area contributed by atoms with Gasteiger partial charge in [-0.2, -0.15) is 5.10 Å². The lowest BCUT2D eigenvalue weighted by atomic mass is 9.95. The largest absolute Gasteiger partial charge is 0.486 e. The Morgan fingerprint density at radius 2 is 1.87 bits per heavy atom. The van der Waals surface area contributed by atoms with Gasteiger partial charge in [-0.3, -0.25) is 4.90 Å². The predicted molar refractivity (Wildman–Crippen MR) is 120 cm³/mol. The van der Waals surface area contributed by atoms with Gasteiger partial charge < -0.3 is 14.8 Å². The Labute approximate surface area is 182 Å². The predicted octanol–water partition coefficient (Wildman–Crippen LogP) is 4.34. The van der Waals surface area contributed by atoms with Crippen LogP contribution >= 0.6 is 0 Å². The van der Waals surface area contributed by atoms with Gasteiger partial charge in [-0.05, 0) is 43.5 Å². The second-order valence-corrected chi connectivity index (χ2v) is 8.60. The van der Waals surface area contributed by atoms with Crippen LogP contribution in [-0.2, 0) is 13.0 Å². The molecule has 6 rings (SSSR count). The number of piperidine rings is 1. The second kappa shape index (κ2) is 7.93. The number of hydrogen-bond acceptors (Lipinski definition) is 5. The number of ether oxygens (including phenoxy) is 2. The van der Waals surface area contributed by atoms with Crippen molar-refractivity contribution in [1.29, 1.82) is 0 Å². The lowest BCUT2D eigenvalue weighted by molar-refractivity contribution is 0.136. The van der Waals surface area contributed by atoms with Crippen LogP contribution in [0.4, 0.5) is 5.82 Å². The Hall–Kier alpha value is -2.99. The van der Waals surface area contributed by atoms with Crippen LogP contribution in [0.15, 0.2) is 48.5 Å². The van der Waals surface area contributed by atoms with E-state index in [4.69, 9.17) is 14.6 Å². The van der Waals surface area contributed by atoms with Gasteiger partial charge in [0.25, 0.3) is 0 Å². The van der Waals surface area contributed by atoms with Gasteiger partial charge in [0.2, 0.25) is 0 Å². The summed E-state index contributed by atoms with van der Waals surface area (Å²) >= 11 is 0. The van der Waals surface area contributed by atoms with Crippen molar-refractivity contribution in [2.75, 3.05) is 31.6 Å². The summed E-state index contributed by atoms with van der Waals surface area (Å²) in [5.41, 5.74) is 5.01. The highest BCUT2D eigenvalue weighted by molar-refractivity contribution is 5.59. The molecule has 1 fully saturated rings. The number of anilines is 1. The highest BCUT2D eigenvalue weighted by Crippen LogP contribution is 2.40. The molecule has 0 spiro atoms. The standard InChI is InChI=1S/C25H28N4O2/c1-2-6-18(7-3-1)17-28-13-5-4-8-21(28)24-20-11-12-26-25(20)29(27-24)19-9-10-22-23(16-19)31-15-14-30-22/h1-3,6-7,9-10,16,21,26H,4-5,8,11-15,17H2. The molecular formula is C25H28N4O2. The molecular weight excluding hydrogens is 388 g/mol. The Bertz CT molecular complexity index is 1080. The van der Waals surface area contributed by atoms with Crippen LogP contribution < -0.4 is 14.8 Å². The molecule has 3 aliphatic heterocycles. The Balaban J connectivity index is 1.36. The van der Waals surface area contributed by atoms with E-state index in [9.17, 15) is 0 Å². The molecule has 2 aromatic carbocycles. The van der Waals surface area contributed by atoms with Gasteiger partial charge in [0.05, 0.1) is 17.4 Å². The van der Waals surface area contributed by atoms with Gasteiger partial charge in [-0.25, -0.2) is 4.68 Å². The molecule has 0 aliphatic carbocycles. The summed E-state index contributed by atoms with van der Waals surface area (Å²) in [4.78, 5) is 2.62. The minimum absolute atomic E-state index is 0.362. The first-order valence-electron chi connectivity index (χ1n) is 11.4. The summed E-state index contributed by atoms with van der Waals surface area (Å²) in [6, 6.07) is 17.3. The quantitative estimate of drug-likeness (QED) is 0.686. The first-order chi connectivity index (χ1) is 15.4. The third-order valence-electron chi connectivity index (χ3n) is 6.61. The zero-order chi connectivity index (χ0) is 20.6. The molecule has 1 N–H and O–H groups in total. The maximum atomic E-state index is 5.82. The highest BCUT2D eigenvalue weighted by Gasteiger charge is 2.33. The molecule has 160 valence electrons. The summed E-state index contributed by atoms with van der Waals surface area (Å²) in [7, 11) is 0. The Morgan fingerprint density at radius 3 is 2.77 bits per heavy atom. The average molecular weight is 417 g/mol. The normalized spacial score (nSPS) is 20.3. The third kappa shape index (κ3) is 3.45. The topological polar surface area (TPSA) is 51.6 Å². The summed E-state index contributed by atoms with van der Waals surface area (Å²) in [5, 5.41) is 8.76. The van der Waals surface area contributed by atoms with Crippen LogP contribution in [0.5, 0.6) is 11.5 Å². The van der Waals surface area contributed by atoms with Gasteiger partial charge in [-0.1, -0.05) is 36.8 Å². The molecule has 1 unspecified atom stereocenters. The molecule has 1 aromatic heterocycles. The van der Waals surface area contributed by atoms with Crippen molar-refractivity contribution in [2.24, 2.45) is 0 Å². The zero-order valence-corrected chi connectivity index (χ0v) is 17.7. The number of nitrogens with zero attached hydrogens (tertiary/aromatic N) is 3. The Morgan fingerprint density at radius 1 is 1.00 bits per heavy atom. The van der Waals surface area contributed by atoms with Crippen molar-refractivity contribution in [1.82, 2.24) is 14.7 Å². The van der Waals surface area contributed by atoms with E-state index in [1.54, 1.807) is 0 Å². The van der Waals surface area contributed by atoms with Crippen LogP contribution in [0.2, 0.25) is 0 Å². The molecule has 6 nitrogen and oxygen atoms in total. The van der Waals surface area contributed by atoms with Crippen LogP contribution in [-0.4, -0.2) is 41.0 Å². The van der Waals surface area contributed by atoms with Gasteiger partial charge in [-0.15, -0.1) is 0 Å². The number of benzene rings is 2. The summed E-state index contributed by atoms with van der Waals surface area (Å²) in [6.45, 7) is 4.27. The van der Waals surface area contributed by atoms with E-state index < -0.39 is 0 Å². The zero-order valence-electron chi connectivity index (χ0n) is 17.7. The lowest BCUT2D eigenvalue weighted by Crippen LogP contribution is -2.33. The lowest BCUT2D eigenvalue weighted by Gasteiger charge is -2.35. The minimum atomic E-state index is 0.362. The fourth-order valence-electron chi connectivity index (χ4n) is 5.13. The van der Waals surface area contributed by atoms with Gasteiger partial charge >= 0.3 is 0 Å². The number of fused-ring (bicyclic) bond motifs is 2. The monoisotopic (exact) mass is 416 g/mol. The van der Waals surface area contributed by atoms with Crippen LogP contribution in [0, 0.1) is 0 Å². The van der Waals surface area contributed by atoms with Gasteiger partial charge in [0.1, 0.15) is 19.0 Å². The first-order valence-corrected chi connectivity index (χ1v) is 11.4. The second-order valence-electron chi connectivity index (χ2n) is 8.60. The van der Waals surface area contributed by atoms with E-state index in [2.05, 4.69) is 51.3 Å². The molecule has 3 aromatic rings. The fraction of sp³-hybridized carbons (Fsp3) is 0.400. The average Bonchev–Trinajstić information content (AvgIpc) is 3.43. The molecule has 0 radical (unpaired) electrons. The van der Waals surface area contributed by atoms with Gasteiger partial charge in [0, 0.05) is 24.7 Å². The smallest absolute Gasteiger partial charge is 0.163 e. The minimum Gasteiger partial charge on any atom is -0.486 e. The van der Waals surface area contributed by atoms with E-state index in [-0.39, 0.29) is 0 Å². The molecule has 0 saturated carbocycles. The summed E-state index contributed by atoms with van der Waals surface area (Å²) < 4.78 is 13.6. The summed E-state index contributed by atoms with van der Waals surface area (Å²) in [5.74, 6) is 2.75. The van der Waals surface area contributed by atoms with Gasteiger partial charge in [0.15, 0.2) is 11.5 Å². The molecule has 0 bridgehead atoms. The number of rotatable bonds is 4. The van der Waals surface area contributed by atoms with Crippen molar-refractivity contribution < 1.29 is 9.47 Å². The van der Waals surface area contributed by atoms with E-state index in [0.29, 0.717) is 19.3 Å². The fourth-order valence-corrected chi connectivity index (χ4v) is 5.13.